The molecule has 0 aliphatic heterocycles. The van der Waals surface area contributed by atoms with Crippen molar-refractivity contribution in [1.82, 2.24) is 9.97 Å². The zero-order valence-electron chi connectivity index (χ0n) is 10.8. The van der Waals surface area contributed by atoms with Crippen LogP contribution < -0.4 is 5.43 Å². The molecule has 0 aliphatic rings. The lowest BCUT2D eigenvalue weighted by Crippen LogP contribution is -2.05. The normalized spacial score (nSPS) is 11.4. The minimum absolute atomic E-state index is 0.0851. The van der Waals surface area contributed by atoms with E-state index in [9.17, 15) is 4.79 Å². The van der Waals surface area contributed by atoms with E-state index in [1.807, 2.05) is 36.4 Å². The molecule has 4 nitrogen and oxygen atoms in total. The molecular formula is C16H10N2O2. The van der Waals surface area contributed by atoms with Crippen molar-refractivity contribution in [3.8, 4) is 0 Å². The Morgan fingerprint density at radius 1 is 1.05 bits per heavy atom. The Morgan fingerprint density at radius 3 is 2.80 bits per heavy atom. The maximum absolute atomic E-state index is 12.7. The summed E-state index contributed by atoms with van der Waals surface area (Å²) in [6.45, 7) is 1.77. The minimum Gasteiger partial charge on any atom is -0.437 e. The lowest BCUT2D eigenvalue weighted by atomic mass is 10.1. The van der Waals surface area contributed by atoms with E-state index in [1.165, 1.54) is 6.20 Å². The standard InChI is InChI=1S/C16H10N2O2/c1-9-17-8-12-15(19)14-11-5-3-2-4-10(11)6-7-13(14)20-16(12)18-9/h2-8H,1H3. The molecule has 2 heterocycles. The van der Waals surface area contributed by atoms with E-state index in [1.54, 1.807) is 6.92 Å². The number of nitrogens with zero attached hydrogens (tertiary/aromatic N) is 2. The van der Waals surface area contributed by atoms with Gasteiger partial charge in [0, 0.05) is 6.20 Å². The molecule has 0 radical (unpaired) electrons. The third-order valence-electron chi connectivity index (χ3n) is 3.44. The second kappa shape index (κ2) is 3.87. The molecule has 0 bridgehead atoms. The first-order valence-electron chi connectivity index (χ1n) is 6.32. The Hall–Kier alpha value is -2.75. The smallest absolute Gasteiger partial charge is 0.233 e. The van der Waals surface area contributed by atoms with E-state index >= 15 is 0 Å². The van der Waals surface area contributed by atoms with E-state index in [0.29, 0.717) is 27.9 Å². The van der Waals surface area contributed by atoms with Crippen LogP contribution in [0.3, 0.4) is 0 Å². The van der Waals surface area contributed by atoms with Crippen molar-refractivity contribution in [2.24, 2.45) is 0 Å². The predicted molar refractivity (Wildman–Crippen MR) is 77.8 cm³/mol. The fourth-order valence-corrected chi connectivity index (χ4v) is 2.49. The van der Waals surface area contributed by atoms with Gasteiger partial charge < -0.3 is 4.42 Å². The molecule has 0 saturated carbocycles. The molecule has 0 N–H and O–H groups in total. The van der Waals surface area contributed by atoms with Gasteiger partial charge in [0.2, 0.25) is 11.1 Å². The maximum atomic E-state index is 12.7. The van der Waals surface area contributed by atoms with Gasteiger partial charge in [-0.05, 0) is 23.8 Å². The number of aromatic nitrogens is 2. The molecule has 0 fully saturated rings. The third-order valence-corrected chi connectivity index (χ3v) is 3.44. The average Bonchev–Trinajstić information content (AvgIpc) is 2.46. The summed E-state index contributed by atoms with van der Waals surface area (Å²) < 4.78 is 5.76. The van der Waals surface area contributed by atoms with Crippen LogP contribution in [0.1, 0.15) is 5.82 Å². The van der Waals surface area contributed by atoms with Gasteiger partial charge in [0.1, 0.15) is 16.8 Å². The molecule has 0 saturated heterocycles. The lowest BCUT2D eigenvalue weighted by Gasteiger charge is -2.04. The lowest BCUT2D eigenvalue weighted by molar-refractivity contribution is 0.641. The highest BCUT2D eigenvalue weighted by atomic mass is 16.3. The summed E-state index contributed by atoms with van der Waals surface area (Å²) in [4.78, 5) is 20.9. The van der Waals surface area contributed by atoms with Gasteiger partial charge in [-0.25, -0.2) is 4.98 Å². The van der Waals surface area contributed by atoms with Gasteiger partial charge in [0.15, 0.2) is 0 Å². The highest BCUT2D eigenvalue weighted by Crippen LogP contribution is 2.24. The molecule has 4 rings (SSSR count). The molecule has 0 unspecified atom stereocenters. The Bertz CT molecular complexity index is 1030. The summed E-state index contributed by atoms with van der Waals surface area (Å²) in [5, 5.41) is 2.91. The van der Waals surface area contributed by atoms with Crippen molar-refractivity contribution < 1.29 is 4.42 Å². The molecule has 20 heavy (non-hydrogen) atoms. The first-order valence-corrected chi connectivity index (χ1v) is 6.32. The van der Waals surface area contributed by atoms with Crippen molar-refractivity contribution in [2.75, 3.05) is 0 Å². The van der Waals surface area contributed by atoms with Gasteiger partial charge in [-0.3, -0.25) is 4.79 Å². The SMILES string of the molecule is Cc1ncc2c(=O)c3c(ccc4ccccc43)oc2n1. The van der Waals surface area contributed by atoms with Gasteiger partial charge >= 0.3 is 0 Å². The van der Waals surface area contributed by atoms with E-state index in [2.05, 4.69) is 9.97 Å². The number of aryl methyl sites for hydroxylation is 1. The summed E-state index contributed by atoms with van der Waals surface area (Å²) in [5.74, 6) is 0.584. The summed E-state index contributed by atoms with van der Waals surface area (Å²) in [7, 11) is 0. The van der Waals surface area contributed by atoms with Crippen molar-refractivity contribution >= 4 is 32.8 Å². The van der Waals surface area contributed by atoms with Crippen molar-refractivity contribution in [2.45, 2.75) is 6.92 Å². The highest BCUT2D eigenvalue weighted by molar-refractivity contribution is 6.07. The van der Waals surface area contributed by atoms with E-state index in [4.69, 9.17) is 4.42 Å². The van der Waals surface area contributed by atoms with Crippen LogP contribution in [0.25, 0.3) is 32.8 Å². The molecule has 0 atom stereocenters. The van der Waals surface area contributed by atoms with Gasteiger partial charge in [0.05, 0.1) is 5.39 Å². The minimum atomic E-state index is -0.0851. The maximum Gasteiger partial charge on any atom is 0.233 e. The molecule has 0 amide bonds. The first-order chi connectivity index (χ1) is 9.74. The number of hydrogen-bond donors (Lipinski definition) is 0. The van der Waals surface area contributed by atoms with Crippen LogP contribution in [0.5, 0.6) is 0 Å². The Kier molecular flexibility index (Phi) is 2.15. The molecule has 2 aromatic carbocycles. The summed E-state index contributed by atoms with van der Waals surface area (Å²) in [6.07, 6.45) is 1.53. The van der Waals surface area contributed by atoms with Crippen LogP contribution in [0.15, 0.2) is 51.8 Å². The van der Waals surface area contributed by atoms with Crippen LogP contribution in [0, 0.1) is 6.92 Å². The van der Waals surface area contributed by atoms with E-state index < -0.39 is 0 Å². The number of benzene rings is 2. The van der Waals surface area contributed by atoms with Crippen LogP contribution in [-0.2, 0) is 0 Å². The molecule has 0 aliphatic carbocycles. The summed E-state index contributed by atoms with van der Waals surface area (Å²) in [6, 6.07) is 11.5. The largest absolute Gasteiger partial charge is 0.437 e. The van der Waals surface area contributed by atoms with Crippen LogP contribution in [-0.4, -0.2) is 9.97 Å². The second-order valence-corrected chi connectivity index (χ2v) is 4.73. The molecule has 0 spiro atoms. The third kappa shape index (κ3) is 1.45. The second-order valence-electron chi connectivity index (χ2n) is 4.73. The van der Waals surface area contributed by atoms with E-state index in [0.717, 1.165) is 10.8 Å². The van der Waals surface area contributed by atoms with Crippen LogP contribution in [0.4, 0.5) is 0 Å². The Balaban J connectivity index is 2.33. The number of fused-ring (bicyclic) bond motifs is 4. The van der Waals surface area contributed by atoms with Crippen molar-refractivity contribution in [3.63, 3.8) is 0 Å². The van der Waals surface area contributed by atoms with Gasteiger partial charge in [-0.15, -0.1) is 0 Å². The Labute approximate surface area is 113 Å². The molecule has 2 aromatic heterocycles. The topological polar surface area (TPSA) is 56.0 Å². The molecule has 96 valence electrons. The molecule has 4 heteroatoms. The van der Waals surface area contributed by atoms with Crippen LogP contribution in [0.2, 0.25) is 0 Å². The first kappa shape index (κ1) is 11.1. The highest BCUT2D eigenvalue weighted by Gasteiger charge is 2.11. The summed E-state index contributed by atoms with van der Waals surface area (Å²) >= 11 is 0. The predicted octanol–water partition coefficient (Wildman–Crippen LogP) is 3.20. The fourth-order valence-electron chi connectivity index (χ4n) is 2.49. The molecule has 4 aromatic rings. The van der Waals surface area contributed by atoms with Gasteiger partial charge in [-0.1, -0.05) is 30.3 Å². The quantitative estimate of drug-likeness (QED) is 0.360. The van der Waals surface area contributed by atoms with Gasteiger partial charge in [-0.2, -0.15) is 4.98 Å². The summed E-state index contributed by atoms with van der Waals surface area (Å²) in [5.41, 5.74) is 0.808. The van der Waals surface area contributed by atoms with E-state index in [-0.39, 0.29) is 5.43 Å². The fraction of sp³-hybridized carbons (Fsp3) is 0.0625. The Morgan fingerprint density at radius 2 is 1.90 bits per heavy atom. The van der Waals surface area contributed by atoms with Crippen molar-refractivity contribution in [1.29, 1.82) is 0 Å². The van der Waals surface area contributed by atoms with Crippen LogP contribution >= 0.6 is 0 Å². The molecular weight excluding hydrogens is 252 g/mol. The van der Waals surface area contributed by atoms with Crippen molar-refractivity contribution in [3.05, 3.63) is 58.6 Å². The zero-order chi connectivity index (χ0) is 13.7. The van der Waals surface area contributed by atoms with Gasteiger partial charge in [0.25, 0.3) is 0 Å². The number of rotatable bonds is 0. The monoisotopic (exact) mass is 262 g/mol. The average molecular weight is 262 g/mol. The number of hydrogen-bond acceptors (Lipinski definition) is 4. The zero-order valence-corrected chi connectivity index (χ0v) is 10.8.